The Bertz CT molecular complexity index is 924. The van der Waals surface area contributed by atoms with Gasteiger partial charge in [-0.3, -0.25) is 9.89 Å². The van der Waals surface area contributed by atoms with Crippen LogP contribution in [0, 0.1) is 0 Å². The van der Waals surface area contributed by atoms with Crippen molar-refractivity contribution in [1.82, 2.24) is 20.3 Å². The minimum absolute atomic E-state index is 0.787. The number of fused-ring (bicyclic) bond motifs is 1. The van der Waals surface area contributed by atoms with E-state index in [4.69, 9.17) is 9.52 Å². The molecule has 3 aromatic rings. The average molecular weight is 392 g/mol. The van der Waals surface area contributed by atoms with Crippen LogP contribution in [0.5, 0.6) is 0 Å². The molecule has 6 nitrogen and oxygen atoms in total. The van der Waals surface area contributed by atoms with E-state index in [1.165, 1.54) is 16.3 Å². The van der Waals surface area contributed by atoms with E-state index in [1.807, 2.05) is 6.07 Å². The maximum atomic E-state index is 4.94. The van der Waals surface area contributed by atoms with E-state index in [9.17, 15) is 0 Å². The zero-order valence-electron chi connectivity index (χ0n) is 17.1. The van der Waals surface area contributed by atoms with Gasteiger partial charge in [0, 0.05) is 51.9 Å². The lowest BCUT2D eigenvalue weighted by atomic mass is 10.0. The van der Waals surface area contributed by atoms with E-state index < -0.39 is 0 Å². The molecule has 1 aliphatic rings. The van der Waals surface area contributed by atoms with Crippen molar-refractivity contribution in [3.05, 3.63) is 66.1 Å². The SMILES string of the molecule is CCNC(=NCCc1cccc2ccccc12)N1CCN(Cc2ccon2)CC1. The molecule has 0 unspecified atom stereocenters. The predicted octanol–water partition coefficient (Wildman–Crippen LogP) is 3.15. The number of rotatable bonds is 6. The fourth-order valence-electron chi connectivity index (χ4n) is 3.88. The number of hydrogen-bond acceptors (Lipinski definition) is 4. The van der Waals surface area contributed by atoms with Gasteiger partial charge < -0.3 is 14.7 Å². The molecule has 0 amide bonds. The molecule has 1 saturated heterocycles. The topological polar surface area (TPSA) is 56.9 Å². The van der Waals surface area contributed by atoms with Crippen LogP contribution in [0.3, 0.4) is 0 Å². The minimum Gasteiger partial charge on any atom is -0.364 e. The lowest BCUT2D eigenvalue weighted by molar-refractivity contribution is 0.169. The highest BCUT2D eigenvalue weighted by molar-refractivity contribution is 5.85. The smallest absolute Gasteiger partial charge is 0.194 e. The maximum absolute atomic E-state index is 4.94. The first-order chi connectivity index (χ1) is 14.3. The zero-order valence-corrected chi connectivity index (χ0v) is 17.1. The number of aliphatic imine (C=N–C) groups is 1. The van der Waals surface area contributed by atoms with E-state index in [1.54, 1.807) is 6.26 Å². The number of piperazine rings is 1. The maximum Gasteiger partial charge on any atom is 0.194 e. The van der Waals surface area contributed by atoms with E-state index >= 15 is 0 Å². The summed E-state index contributed by atoms with van der Waals surface area (Å²) >= 11 is 0. The number of benzene rings is 2. The number of aromatic nitrogens is 1. The van der Waals surface area contributed by atoms with Crippen LogP contribution >= 0.6 is 0 Å². The highest BCUT2D eigenvalue weighted by Crippen LogP contribution is 2.19. The van der Waals surface area contributed by atoms with E-state index in [0.29, 0.717) is 0 Å². The molecule has 1 fully saturated rings. The zero-order chi connectivity index (χ0) is 19.9. The van der Waals surface area contributed by atoms with Gasteiger partial charge in [-0.1, -0.05) is 47.6 Å². The lowest BCUT2D eigenvalue weighted by Gasteiger charge is -2.36. The van der Waals surface area contributed by atoms with Crippen molar-refractivity contribution in [2.75, 3.05) is 39.3 Å². The van der Waals surface area contributed by atoms with Crippen molar-refractivity contribution in [3.8, 4) is 0 Å². The second kappa shape index (κ2) is 9.56. The van der Waals surface area contributed by atoms with Crippen molar-refractivity contribution in [3.63, 3.8) is 0 Å². The molecule has 0 radical (unpaired) electrons. The molecule has 0 aliphatic carbocycles. The molecule has 4 rings (SSSR count). The van der Waals surface area contributed by atoms with Crippen molar-refractivity contribution >= 4 is 16.7 Å². The van der Waals surface area contributed by atoms with Crippen LogP contribution in [0.2, 0.25) is 0 Å². The molecule has 0 atom stereocenters. The van der Waals surface area contributed by atoms with Crippen LogP contribution in [0.4, 0.5) is 0 Å². The molecule has 0 bridgehead atoms. The molecule has 6 heteroatoms. The molecule has 152 valence electrons. The van der Waals surface area contributed by atoms with Gasteiger partial charge in [-0.15, -0.1) is 0 Å². The molecule has 0 saturated carbocycles. The molecule has 2 heterocycles. The van der Waals surface area contributed by atoms with Gasteiger partial charge in [0.25, 0.3) is 0 Å². The van der Waals surface area contributed by atoms with Gasteiger partial charge in [-0.2, -0.15) is 0 Å². The summed E-state index contributed by atoms with van der Waals surface area (Å²) in [6.07, 6.45) is 2.58. The first-order valence-electron chi connectivity index (χ1n) is 10.4. The first-order valence-corrected chi connectivity index (χ1v) is 10.4. The van der Waals surface area contributed by atoms with Crippen molar-refractivity contribution in [2.24, 2.45) is 4.99 Å². The quantitative estimate of drug-likeness (QED) is 0.517. The Morgan fingerprint density at radius 2 is 1.90 bits per heavy atom. The molecular weight excluding hydrogens is 362 g/mol. The number of hydrogen-bond donors (Lipinski definition) is 1. The molecule has 0 spiro atoms. The summed E-state index contributed by atoms with van der Waals surface area (Å²) < 4.78 is 4.94. The van der Waals surface area contributed by atoms with Crippen LogP contribution in [0.15, 0.2) is 64.3 Å². The van der Waals surface area contributed by atoms with Gasteiger partial charge in [-0.05, 0) is 29.7 Å². The van der Waals surface area contributed by atoms with Crippen molar-refractivity contribution in [1.29, 1.82) is 0 Å². The predicted molar refractivity (Wildman–Crippen MR) is 117 cm³/mol. The summed E-state index contributed by atoms with van der Waals surface area (Å²) in [5.41, 5.74) is 2.36. The molecule has 29 heavy (non-hydrogen) atoms. The summed E-state index contributed by atoms with van der Waals surface area (Å²) in [7, 11) is 0. The van der Waals surface area contributed by atoms with Crippen molar-refractivity contribution in [2.45, 2.75) is 19.9 Å². The fourth-order valence-corrected chi connectivity index (χ4v) is 3.88. The summed E-state index contributed by atoms with van der Waals surface area (Å²) in [4.78, 5) is 9.70. The molecular formula is C23H29N5O. The minimum atomic E-state index is 0.787. The Morgan fingerprint density at radius 3 is 2.69 bits per heavy atom. The summed E-state index contributed by atoms with van der Waals surface area (Å²) in [6, 6.07) is 17.0. The van der Waals surface area contributed by atoms with Gasteiger partial charge in [0.2, 0.25) is 0 Å². The summed E-state index contributed by atoms with van der Waals surface area (Å²) in [6.45, 7) is 8.58. The number of nitrogens with one attached hydrogen (secondary N) is 1. The number of guanidine groups is 1. The molecule has 1 aliphatic heterocycles. The Hall–Kier alpha value is -2.86. The normalized spacial score (nSPS) is 15.8. The second-order valence-electron chi connectivity index (χ2n) is 7.38. The van der Waals surface area contributed by atoms with Crippen molar-refractivity contribution < 1.29 is 4.52 Å². The van der Waals surface area contributed by atoms with E-state index in [0.717, 1.165) is 63.9 Å². The molecule has 1 N–H and O–H groups in total. The first kappa shape index (κ1) is 19.5. The van der Waals surface area contributed by atoms with Crippen LogP contribution < -0.4 is 5.32 Å². The third kappa shape index (κ3) is 4.95. The van der Waals surface area contributed by atoms with Gasteiger partial charge in [0.15, 0.2) is 5.96 Å². The third-order valence-electron chi connectivity index (χ3n) is 5.41. The summed E-state index contributed by atoms with van der Waals surface area (Å²) in [5.74, 6) is 1.02. The molecule has 1 aromatic heterocycles. The lowest BCUT2D eigenvalue weighted by Crippen LogP contribution is -2.52. The van der Waals surface area contributed by atoms with Gasteiger partial charge >= 0.3 is 0 Å². The average Bonchev–Trinajstić information content (AvgIpc) is 3.27. The summed E-state index contributed by atoms with van der Waals surface area (Å²) in [5, 5.41) is 10.1. The Morgan fingerprint density at radius 1 is 1.07 bits per heavy atom. The Kier molecular flexibility index (Phi) is 6.42. The Balaban J connectivity index is 1.35. The molecule has 2 aromatic carbocycles. The van der Waals surface area contributed by atoms with E-state index in [-0.39, 0.29) is 0 Å². The fraction of sp³-hybridized carbons (Fsp3) is 0.391. The highest BCUT2D eigenvalue weighted by atomic mass is 16.5. The van der Waals surface area contributed by atoms with Gasteiger partial charge in [0.1, 0.15) is 6.26 Å². The van der Waals surface area contributed by atoms with Gasteiger partial charge in [0.05, 0.1) is 5.69 Å². The second-order valence-corrected chi connectivity index (χ2v) is 7.38. The highest BCUT2D eigenvalue weighted by Gasteiger charge is 2.20. The van der Waals surface area contributed by atoms with Crippen LogP contribution in [0.25, 0.3) is 10.8 Å². The standard InChI is InChI=1S/C23H29N5O/c1-2-24-23(28-15-13-27(14-16-28)18-21-11-17-29-26-21)25-12-10-20-8-5-7-19-6-3-4-9-22(19)20/h3-9,11,17H,2,10,12-16,18H2,1H3,(H,24,25). The van der Waals surface area contributed by atoms with Crippen LogP contribution in [-0.4, -0.2) is 60.2 Å². The monoisotopic (exact) mass is 391 g/mol. The largest absolute Gasteiger partial charge is 0.364 e. The third-order valence-corrected chi connectivity index (χ3v) is 5.41. The number of nitrogens with zero attached hydrogens (tertiary/aromatic N) is 4. The van der Waals surface area contributed by atoms with E-state index in [2.05, 4.69) is 69.7 Å². The Labute approximate surface area is 172 Å². The van der Waals surface area contributed by atoms with Crippen LogP contribution in [0.1, 0.15) is 18.2 Å². The van der Waals surface area contributed by atoms with Crippen LogP contribution in [-0.2, 0) is 13.0 Å². The van der Waals surface area contributed by atoms with Gasteiger partial charge in [-0.25, -0.2) is 0 Å².